The van der Waals surface area contributed by atoms with Crippen LogP contribution in [0.3, 0.4) is 0 Å². The maximum absolute atomic E-state index is 8.94. The lowest BCUT2D eigenvalue weighted by molar-refractivity contribution is 0.281. The van der Waals surface area contributed by atoms with E-state index in [-0.39, 0.29) is 13.2 Å². The fourth-order valence-electron chi connectivity index (χ4n) is 1.47. The van der Waals surface area contributed by atoms with Crippen molar-refractivity contribution in [3.8, 4) is 0 Å². The van der Waals surface area contributed by atoms with Crippen LogP contribution < -0.4 is 10.6 Å². The number of nitrogen functional groups attached to an aromatic ring is 1. The van der Waals surface area contributed by atoms with Crippen molar-refractivity contribution in [2.45, 2.75) is 0 Å². The molecule has 2 rings (SSSR count). The number of aliphatic hydroxyl groups is 2. The Kier molecular flexibility index (Phi) is 3.59. The Morgan fingerprint density at radius 3 is 2.50 bits per heavy atom. The normalized spacial score (nSPS) is 11.1. The summed E-state index contributed by atoms with van der Waals surface area (Å²) in [5, 5.41) is 19.5. The largest absolute Gasteiger partial charge is 0.395 e. The van der Waals surface area contributed by atoms with Crippen molar-refractivity contribution in [3.63, 3.8) is 0 Å². The van der Waals surface area contributed by atoms with Crippen LogP contribution >= 0.6 is 22.7 Å². The second-order valence-corrected chi connectivity index (χ2v) is 5.31. The van der Waals surface area contributed by atoms with Gasteiger partial charge in [-0.05, 0) is 6.07 Å². The van der Waals surface area contributed by atoms with E-state index in [2.05, 4.69) is 4.98 Å². The van der Waals surface area contributed by atoms with Gasteiger partial charge in [-0.3, -0.25) is 0 Å². The SMILES string of the molecule is Nc1nc2sc(N(CCO)CCO)cc2s1. The lowest BCUT2D eigenvalue weighted by Gasteiger charge is -2.20. The molecule has 0 bridgehead atoms. The van der Waals surface area contributed by atoms with Crippen molar-refractivity contribution in [1.29, 1.82) is 0 Å². The van der Waals surface area contributed by atoms with Crippen molar-refractivity contribution in [1.82, 2.24) is 4.98 Å². The Morgan fingerprint density at radius 2 is 1.94 bits per heavy atom. The second kappa shape index (κ2) is 4.96. The average molecular weight is 259 g/mol. The van der Waals surface area contributed by atoms with E-state index < -0.39 is 0 Å². The lowest BCUT2D eigenvalue weighted by atomic mass is 10.4. The van der Waals surface area contributed by atoms with Crippen molar-refractivity contribution in [2.75, 3.05) is 36.9 Å². The quantitative estimate of drug-likeness (QED) is 0.737. The molecule has 0 spiro atoms. The van der Waals surface area contributed by atoms with Crippen LogP contribution in [-0.2, 0) is 0 Å². The van der Waals surface area contributed by atoms with Crippen molar-refractivity contribution in [3.05, 3.63) is 6.07 Å². The van der Waals surface area contributed by atoms with Gasteiger partial charge >= 0.3 is 0 Å². The van der Waals surface area contributed by atoms with Gasteiger partial charge in [-0.25, -0.2) is 4.98 Å². The highest BCUT2D eigenvalue weighted by Gasteiger charge is 2.12. The molecule has 0 aliphatic heterocycles. The minimum absolute atomic E-state index is 0.0706. The van der Waals surface area contributed by atoms with E-state index in [4.69, 9.17) is 15.9 Å². The summed E-state index contributed by atoms with van der Waals surface area (Å²) in [6.45, 7) is 1.18. The van der Waals surface area contributed by atoms with Gasteiger partial charge in [0.15, 0.2) is 5.13 Å². The molecule has 0 aromatic carbocycles. The first-order valence-corrected chi connectivity index (χ1v) is 6.50. The molecule has 0 amide bonds. The third-order valence-corrected chi connectivity index (χ3v) is 4.19. The number of thiazole rings is 1. The van der Waals surface area contributed by atoms with Gasteiger partial charge in [-0.1, -0.05) is 22.7 Å². The van der Waals surface area contributed by atoms with Crippen LogP contribution in [0.25, 0.3) is 9.53 Å². The second-order valence-electron chi connectivity index (χ2n) is 3.24. The van der Waals surface area contributed by atoms with E-state index in [9.17, 15) is 0 Å². The van der Waals surface area contributed by atoms with E-state index >= 15 is 0 Å². The molecule has 0 aliphatic carbocycles. The number of fused-ring (bicyclic) bond motifs is 1. The number of nitrogens with two attached hydrogens (primary N) is 1. The molecule has 0 atom stereocenters. The highest BCUT2D eigenvalue weighted by atomic mass is 32.1. The summed E-state index contributed by atoms with van der Waals surface area (Å²) in [5.41, 5.74) is 5.60. The smallest absolute Gasteiger partial charge is 0.181 e. The number of hydrogen-bond donors (Lipinski definition) is 3. The minimum atomic E-state index is 0.0706. The summed E-state index contributed by atoms with van der Waals surface area (Å²) in [5.74, 6) is 0. The molecule has 7 heteroatoms. The van der Waals surface area contributed by atoms with Gasteiger partial charge in [0.1, 0.15) is 4.83 Å². The molecule has 5 nitrogen and oxygen atoms in total. The molecule has 0 saturated heterocycles. The first kappa shape index (κ1) is 11.6. The van der Waals surface area contributed by atoms with Crippen molar-refractivity contribution >= 4 is 42.3 Å². The van der Waals surface area contributed by atoms with E-state index in [0.29, 0.717) is 18.2 Å². The molecule has 2 heterocycles. The molecule has 0 fully saturated rings. The molecule has 0 unspecified atom stereocenters. The molecule has 0 radical (unpaired) electrons. The fourth-order valence-corrected chi connectivity index (χ4v) is 3.51. The Balaban J connectivity index is 2.25. The molecule has 4 N–H and O–H groups in total. The number of aromatic nitrogens is 1. The molecule has 0 saturated carbocycles. The first-order chi connectivity index (χ1) is 7.74. The van der Waals surface area contributed by atoms with Crippen LogP contribution in [0.2, 0.25) is 0 Å². The summed E-state index contributed by atoms with van der Waals surface area (Å²) in [4.78, 5) is 7.05. The molecule has 16 heavy (non-hydrogen) atoms. The third kappa shape index (κ3) is 2.27. The molecule has 2 aromatic heterocycles. The van der Waals surface area contributed by atoms with Gasteiger partial charge in [-0.2, -0.15) is 0 Å². The molecule has 0 aliphatic rings. The Morgan fingerprint density at radius 1 is 1.25 bits per heavy atom. The Bertz CT molecular complexity index is 431. The molecule has 88 valence electrons. The number of hydrogen-bond acceptors (Lipinski definition) is 7. The van der Waals surface area contributed by atoms with Crippen LogP contribution in [-0.4, -0.2) is 41.5 Å². The van der Waals surface area contributed by atoms with E-state index in [1.807, 2.05) is 11.0 Å². The van der Waals surface area contributed by atoms with Gasteiger partial charge < -0.3 is 20.8 Å². The van der Waals surface area contributed by atoms with Crippen LogP contribution in [0.4, 0.5) is 10.1 Å². The number of rotatable bonds is 5. The van der Waals surface area contributed by atoms with E-state index in [1.165, 1.54) is 22.7 Å². The highest BCUT2D eigenvalue weighted by Crippen LogP contribution is 2.36. The van der Waals surface area contributed by atoms with E-state index in [0.717, 1.165) is 14.5 Å². The summed E-state index contributed by atoms with van der Waals surface area (Å²) in [6.07, 6.45) is 0. The van der Waals surface area contributed by atoms with Crippen LogP contribution in [0.15, 0.2) is 6.07 Å². The lowest BCUT2D eigenvalue weighted by Crippen LogP contribution is -2.28. The monoisotopic (exact) mass is 259 g/mol. The van der Waals surface area contributed by atoms with Gasteiger partial charge in [0.2, 0.25) is 0 Å². The highest BCUT2D eigenvalue weighted by molar-refractivity contribution is 7.30. The number of nitrogens with zero attached hydrogens (tertiary/aromatic N) is 2. The zero-order valence-electron chi connectivity index (χ0n) is 8.59. The van der Waals surface area contributed by atoms with Crippen LogP contribution in [0, 0.1) is 0 Å². The Hall–Kier alpha value is -0.890. The zero-order valence-corrected chi connectivity index (χ0v) is 10.2. The number of anilines is 2. The van der Waals surface area contributed by atoms with Gasteiger partial charge in [0.25, 0.3) is 0 Å². The van der Waals surface area contributed by atoms with Crippen molar-refractivity contribution < 1.29 is 10.2 Å². The summed E-state index contributed by atoms with van der Waals surface area (Å²) >= 11 is 2.98. The first-order valence-electron chi connectivity index (χ1n) is 4.87. The predicted octanol–water partition coefficient (Wildman–Crippen LogP) is 0.731. The average Bonchev–Trinajstić information content (AvgIpc) is 2.74. The predicted molar refractivity (Wildman–Crippen MR) is 68.3 cm³/mol. The summed E-state index contributed by atoms with van der Waals surface area (Å²) in [7, 11) is 0. The maximum atomic E-state index is 8.94. The fraction of sp³-hybridized carbons (Fsp3) is 0.444. The van der Waals surface area contributed by atoms with Gasteiger partial charge in [0.05, 0.1) is 22.9 Å². The molecular formula is C9H13N3O2S2. The van der Waals surface area contributed by atoms with E-state index in [1.54, 1.807) is 0 Å². The van der Waals surface area contributed by atoms with Crippen LogP contribution in [0.5, 0.6) is 0 Å². The Labute approximate surface area is 101 Å². The topological polar surface area (TPSA) is 82.6 Å². The zero-order chi connectivity index (χ0) is 11.5. The molecular weight excluding hydrogens is 246 g/mol. The summed E-state index contributed by atoms with van der Waals surface area (Å²) < 4.78 is 1.05. The van der Waals surface area contributed by atoms with Crippen molar-refractivity contribution in [2.24, 2.45) is 0 Å². The van der Waals surface area contributed by atoms with Crippen LogP contribution in [0.1, 0.15) is 0 Å². The number of thiophene rings is 1. The summed E-state index contributed by atoms with van der Waals surface area (Å²) in [6, 6.07) is 2.00. The standard InChI is InChI=1S/C9H13N3O2S2/c10-9-11-8-6(15-9)5-7(16-8)12(1-3-13)2-4-14/h5,13-14H,1-4H2,(H2,10,11). The molecule has 2 aromatic rings. The maximum Gasteiger partial charge on any atom is 0.181 e. The van der Waals surface area contributed by atoms with Gasteiger partial charge in [-0.15, -0.1) is 0 Å². The van der Waals surface area contributed by atoms with Gasteiger partial charge in [0, 0.05) is 13.1 Å². The minimum Gasteiger partial charge on any atom is -0.395 e. The number of aliphatic hydroxyl groups excluding tert-OH is 2. The third-order valence-electron chi connectivity index (χ3n) is 2.14.